The van der Waals surface area contributed by atoms with E-state index in [0.717, 1.165) is 5.56 Å². The highest BCUT2D eigenvalue weighted by Crippen LogP contribution is 2.20. The monoisotopic (exact) mass is 373 g/mol. The van der Waals surface area contributed by atoms with Crippen molar-refractivity contribution >= 4 is 23.7 Å². The Morgan fingerprint density at radius 2 is 1.96 bits per heavy atom. The number of nitrogens with one attached hydrogen (secondary N) is 2. The number of rotatable bonds is 6. The molecule has 2 saturated heterocycles. The molecule has 3 unspecified atom stereocenters. The van der Waals surface area contributed by atoms with Crippen molar-refractivity contribution in [3.8, 4) is 0 Å². The first kappa shape index (κ1) is 18.9. The van der Waals surface area contributed by atoms with Gasteiger partial charge in [0, 0.05) is 19.4 Å². The molecule has 1 aromatic carbocycles. The summed E-state index contributed by atoms with van der Waals surface area (Å²) in [4.78, 5) is 49.7. The number of carboxylic acid groups (broad SMARTS) is 1. The first-order valence-corrected chi connectivity index (χ1v) is 9.12. The predicted molar refractivity (Wildman–Crippen MR) is 95.6 cm³/mol. The maximum atomic E-state index is 13.0. The molecule has 0 aromatic heterocycles. The zero-order valence-corrected chi connectivity index (χ0v) is 14.9. The van der Waals surface area contributed by atoms with Crippen molar-refractivity contribution in [3.05, 3.63) is 35.9 Å². The van der Waals surface area contributed by atoms with Crippen LogP contribution in [0, 0.1) is 0 Å². The van der Waals surface area contributed by atoms with Crippen LogP contribution in [0.3, 0.4) is 0 Å². The third-order valence-corrected chi connectivity index (χ3v) is 5.03. The van der Waals surface area contributed by atoms with Crippen LogP contribution in [0.4, 0.5) is 0 Å². The summed E-state index contributed by atoms with van der Waals surface area (Å²) in [7, 11) is 0. The molecule has 27 heavy (non-hydrogen) atoms. The topological polar surface area (TPSA) is 116 Å². The molecular weight excluding hydrogens is 350 g/mol. The molecule has 8 nitrogen and oxygen atoms in total. The molecular formula is C19H23N3O5. The number of amides is 3. The van der Waals surface area contributed by atoms with Gasteiger partial charge < -0.3 is 20.6 Å². The Kier molecular flexibility index (Phi) is 5.73. The third-order valence-electron chi connectivity index (χ3n) is 5.03. The summed E-state index contributed by atoms with van der Waals surface area (Å²) in [6.07, 6.45) is 1.95. The Balaban J connectivity index is 1.76. The van der Waals surface area contributed by atoms with Gasteiger partial charge in [-0.2, -0.15) is 0 Å². The molecule has 2 fully saturated rings. The van der Waals surface area contributed by atoms with Crippen molar-refractivity contribution in [3.63, 3.8) is 0 Å². The van der Waals surface area contributed by atoms with E-state index in [1.54, 1.807) is 0 Å². The summed E-state index contributed by atoms with van der Waals surface area (Å²) in [6.45, 7) is 0.358. The predicted octanol–water partition coefficient (Wildman–Crippen LogP) is 0.0681. The highest BCUT2D eigenvalue weighted by atomic mass is 16.4. The van der Waals surface area contributed by atoms with E-state index in [1.165, 1.54) is 4.90 Å². The van der Waals surface area contributed by atoms with Crippen molar-refractivity contribution in [2.75, 3.05) is 6.54 Å². The second kappa shape index (κ2) is 8.20. The summed E-state index contributed by atoms with van der Waals surface area (Å²) < 4.78 is 0. The lowest BCUT2D eigenvalue weighted by molar-refractivity contribution is -0.149. The average Bonchev–Trinajstić information content (AvgIpc) is 3.30. The molecule has 3 rings (SSSR count). The molecule has 2 heterocycles. The van der Waals surface area contributed by atoms with Gasteiger partial charge in [0.1, 0.15) is 18.1 Å². The molecule has 0 bridgehead atoms. The number of carbonyl (C=O) groups excluding carboxylic acids is 3. The minimum Gasteiger partial charge on any atom is -0.480 e. The van der Waals surface area contributed by atoms with Crippen molar-refractivity contribution in [1.82, 2.24) is 15.5 Å². The van der Waals surface area contributed by atoms with E-state index in [1.807, 2.05) is 30.3 Å². The normalized spacial score (nSPS) is 23.0. The lowest BCUT2D eigenvalue weighted by atomic mass is 10.0. The van der Waals surface area contributed by atoms with E-state index in [0.29, 0.717) is 25.8 Å². The minimum absolute atomic E-state index is 0.188. The maximum Gasteiger partial charge on any atom is 0.326 e. The molecule has 0 saturated carbocycles. The minimum atomic E-state index is -1.03. The summed E-state index contributed by atoms with van der Waals surface area (Å²) in [5.41, 5.74) is 0.859. The van der Waals surface area contributed by atoms with Gasteiger partial charge in [0.2, 0.25) is 17.7 Å². The van der Waals surface area contributed by atoms with Gasteiger partial charge in [0.25, 0.3) is 0 Å². The van der Waals surface area contributed by atoms with E-state index in [4.69, 9.17) is 0 Å². The number of benzene rings is 1. The van der Waals surface area contributed by atoms with E-state index < -0.39 is 35.9 Å². The molecule has 0 radical (unpaired) electrons. The molecule has 0 spiro atoms. The van der Waals surface area contributed by atoms with Crippen molar-refractivity contribution in [2.24, 2.45) is 0 Å². The number of hydrogen-bond donors (Lipinski definition) is 3. The van der Waals surface area contributed by atoms with Gasteiger partial charge in [0.15, 0.2) is 0 Å². The number of carbonyl (C=O) groups is 4. The summed E-state index contributed by atoms with van der Waals surface area (Å²) in [5, 5.41) is 14.7. The van der Waals surface area contributed by atoms with Gasteiger partial charge in [0.05, 0.1) is 0 Å². The molecule has 8 heteroatoms. The second-order valence-electron chi connectivity index (χ2n) is 6.94. The Morgan fingerprint density at radius 3 is 2.59 bits per heavy atom. The zero-order chi connectivity index (χ0) is 19.4. The Morgan fingerprint density at radius 1 is 1.22 bits per heavy atom. The quantitative estimate of drug-likeness (QED) is 0.653. The molecule has 144 valence electrons. The largest absolute Gasteiger partial charge is 0.480 e. The van der Waals surface area contributed by atoms with Crippen molar-refractivity contribution in [2.45, 2.75) is 50.2 Å². The van der Waals surface area contributed by atoms with Crippen LogP contribution in [0.2, 0.25) is 0 Å². The molecule has 2 aliphatic heterocycles. The second-order valence-corrected chi connectivity index (χ2v) is 6.94. The van der Waals surface area contributed by atoms with Gasteiger partial charge in [-0.25, -0.2) is 4.79 Å². The summed E-state index contributed by atoms with van der Waals surface area (Å²) in [5.74, 6) is -2.04. The van der Waals surface area contributed by atoms with E-state index in [9.17, 15) is 24.3 Å². The average molecular weight is 373 g/mol. The van der Waals surface area contributed by atoms with Crippen LogP contribution in [0.25, 0.3) is 0 Å². The number of aliphatic carboxylic acids is 1. The van der Waals surface area contributed by atoms with Crippen molar-refractivity contribution < 1.29 is 24.3 Å². The number of hydrogen-bond acceptors (Lipinski definition) is 4. The van der Waals surface area contributed by atoms with Crippen LogP contribution < -0.4 is 10.6 Å². The SMILES string of the molecule is O=C1CCC(C(=O)NC(Cc2ccccc2)C(=O)N2CCCC2C(=O)O)N1. The Hall–Kier alpha value is -2.90. The molecule has 2 aliphatic rings. The lowest BCUT2D eigenvalue weighted by Crippen LogP contribution is -2.55. The van der Waals surface area contributed by atoms with Crippen LogP contribution in [0.1, 0.15) is 31.2 Å². The molecule has 1 aromatic rings. The van der Waals surface area contributed by atoms with Crippen molar-refractivity contribution in [1.29, 1.82) is 0 Å². The highest BCUT2D eigenvalue weighted by molar-refractivity contribution is 5.95. The fourth-order valence-corrected chi connectivity index (χ4v) is 3.62. The van der Waals surface area contributed by atoms with Gasteiger partial charge in [-0.05, 0) is 24.8 Å². The van der Waals surface area contributed by atoms with Crippen LogP contribution >= 0.6 is 0 Å². The first-order valence-electron chi connectivity index (χ1n) is 9.12. The fraction of sp³-hybridized carbons (Fsp3) is 0.474. The van der Waals surface area contributed by atoms with Gasteiger partial charge >= 0.3 is 5.97 Å². The molecule has 3 N–H and O–H groups in total. The number of carboxylic acids is 1. The Bertz CT molecular complexity index is 736. The Labute approximate surface area is 156 Å². The molecule has 3 amide bonds. The van der Waals surface area contributed by atoms with E-state index >= 15 is 0 Å². The van der Waals surface area contributed by atoms with E-state index in [-0.39, 0.29) is 18.7 Å². The standard InChI is InChI=1S/C19H23N3O5/c23-16-9-8-13(20-16)17(24)21-14(11-12-5-2-1-3-6-12)18(25)22-10-4-7-15(22)19(26)27/h1-3,5-6,13-15H,4,7-11H2,(H,20,23)(H,21,24)(H,26,27). The van der Waals surface area contributed by atoms with Crippen LogP contribution in [-0.4, -0.2) is 58.4 Å². The van der Waals surface area contributed by atoms with Gasteiger partial charge in [-0.3, -0.25) is 14.4 Å². The van der Waals surface area contributed by atoms with Crippen LogP contribution in [0.15, 0.2) is 30.3 Å². The molecule has 0 aliphatic carbocycles. The van der Waals surface area contributed by atoms with Crippen LogP contribution in [-0.2, 0) is 25.6 Å². The number of likely N-dealkylation sites (tertiary alicyclic amines) is 1. The summed E-state index contributed by atoms with van der Waals surface area (Å²) >= 11 is 0. The third kappa shape index (κ3) is 4.45. The highest BCUT2D eigenvalue weighted by Gasteiger charge is 2.38. The summed E-state index contributed by atoms with van der Waals surface area (Å²) in [6, 6.07) is 6.84. The smallest absolute Gasteiger partial charge is 0.326 e. The fourth-order valence-electron chi connectivity index (χ4n) is 3.62. The van der Waals surface area contributed by atoms with Crippen LogP contribution in [0.5, 0.6) is 0 Å². The lowest BCUT2D eigenvalue weighted by Gasteiger charge is -2.28. The van der Waals surface area contributed by atoms with E-state index in [2.05, 4.69) is 10.6 Å². The van der Waals surface area contributed by atoms with Gasteiger partial charge in [-0.1, -0.05) is 30.3 Å². The number of nitrogens with zero attached hydrogens (tertiary/aromatic N) is 1. The van der Waals surface area contributed by atoms with Gasteiger partial charge in [-0.15, -0.1) is 0 Å². The zero-order valence-electron chi connectivity index (χ0n) is 14.9. The first-order chi connectivity index (χ1) is 13.0. The molecule has 3 atom stereocenters. The maximum absolute atomic E-state index is 13.0.